The van der Waals surface area contributed by atoms with Crippen molar-refractivity contribution in [1.29, 1.82) is 0 Å². The number of hydrogen-bond donors (Lipinski definition) is 3. The highest BCUT2D eigenvalue weighted by atomic mass is 35.5. The number of nitrogens with one attached hydrogen (secondary N) is 2. The zero-order valence-corrected chi connectivity index (χ0v) is 16.9. The summed E-state index contributed by atoms with van der Waals surface area (Å²) in [5, 5.41) is 19.7. The van der Waals surface area contributed by atoms with Crippen molar-refractivity contribution in [2.24, 2.45) is 0 Å². The molecule has 0 saturated carbocycles. The van der Waals surface area contributed by atoms with E-state index in [1.165, 1.54) is 12.3 Å². The van der Waals surface area contributed by atoms with Gasteiger partial charge in [-0.3, -0.25) is 4.68 Å². The zero-order valence-electron chi connectivity index (χ0n) is 16.2. The minimum atomic E-state index is -0.408. The third-order valence-corrected chi connectivity index (χ3v) is 5.04. The third-order valence-electron chi connectivity index (χ3n) is 4.76. The molecule has 1 aromatic carbocycles. The van der Waals surface area contributed by atoms with Crippen LogP contribution < -0.4 is 10.6 Å². The van der Waals surface area contributed by atoms with E-state index in [0.29, 0.717) is 46.7 Å². The molecule has 30 heavy (non-hydrogen) atoms. The van der Waals surface area contributed by atoms with Crippen molar-refractivity contribution >= 4 is 29.1 Å². The van der Waals surface area contributed by atoms with Crippen LogP contribution in [0.15, 0.2) is 36.8 Å². The summed E-state index contributed by atoms with van der Waals surface area (Å²) in [5.41, 5.74) is 1.56. The molecule has 10 heteroatoms. The minimum absolute atomic E-state index is 0.0297. The molecule has 8 nitrogen and oxygen atoms in total. The Labute approximate surface area is 178 Å². The number of halogens is 2. The van der Waals surface area contributed by atoms with E-state index in [2.05, 4.69) is 25.7 Å². The molecule has 0 aliphatic carbocycles. The lowest BCUT2D eigenvalue weighted by Gasteiger charge is -2.13. The Morgan fingerprint density at radius 3 is 3.00 bits per heavy atom. The highest BCUT2D eigenvalue weighted by Crippen LogP contribution is 2.27. The summed E-state index contributed by atoms with van der Waals surface area (Å²) in [4.78, 5) is 8.55. The van der Waals surface area contributed by atoms with Crippen molar-refractivity contribution in [3.8, 4) is 11.1 Å². The van der Waals surface area contributed by atoms with Gasteiger partial charge in [-0.25, -0.2) is 9.37 Å². The second kappa shape index (κ2) is 9.38. The molecule has 158 valence electrons. The summed E-state index contributed by atoms with van der Waals surface area (Å²) in [7, 11) is 0. The Hall–Kier alpha value is -2.75. The van der Waals surface area contributed by atoms with E-state index in [-0.39, 0.29) is 12.7 Å². The minimum Gasteiger partial charge on any atom is -0.394 e. The van der Waals surface area contributed by atoms with Crippen molar-refractivity contribution in [2.45, 2.75) is 25.5 Å². The number of benzene rings is 1. The van der Waals surface area contributed by atoms with Gasteiger partial charge in [0.2, 0.25) is 5.95 Å². The summed E-state index contributed by atoms with van der Waals surface area (Å²) >= 11 is 6.18. The molecule has 0 unspecified atom stereocenters. The Kier molecular flexibility index (Phi) is 6.41. The molecule has 1 aliphatic rings. The van der Waals surface area contributed by atoms with Crippen molar-refractivity contribution in [2.75, 3.05) is 30.4 Å². The fourth-order valence-corrected chi connectivity index (χ4v) is 3.41. The van der Waals surface area contributed by atoms with Crippen LogP contribution in [0.1, 0.15) is 12.8 Å². The predicted molar refractivity (Wildman–Crippen MR) is 112 cm³/mol. The third kappa shape index (κ3) is 4.86. The van der Waals surface area contributed by atoms with Gasteiger partial charge in [-0.1, -0.05) is 11.6 Å². The van der Waals surface area contributed by atoms with Crippen molar-refractivity contribution < 1.29 is 14.2 Å². The molecule has 3 N–H and O–H groups in total. The lowest BCUT2D eigenvalue weighted by Crippen LogP contribution is -2.19. The summed E-state index contributed by atoms with van der Waals surface area (Å²) in [6, 6.07) is 4.76. The zero-order chi connectivity index (χ0) is 20.9. The van der Waals surface area contributed by atoms with Crippen LogP contribution >= 0.6 is 11.6 Å². The molecule has 4 rings (SSSR count). The predicted octanol–water partition coefficient (Wildman–Crippen LogP) is 3.46. The second-order valence-corrected chi connectivity index (χ2v) is 7.35. The van der Waals surface area contributed by atoms with Gasteiger partial charge in [0.15, 0.2) is 5.82 Å². The Morgan fingerprint density at radius 2 is 2.23 bits per heavy atom. The number of nitrogens with zero attached hydrogens (tertiary/aromatic N) is 4. The van der Waals surface area contributed by atoms with Gasteiger partial charge in [0.05, 0.1) is 31.6 Å². The maximum atomic E-state index is 14.7. The first-order valence-corrected chi connectivity index (χ1v) is 10.1. The molecule has 1 saturated heterocycles. The molecular weight excluding hydrogens is 411 g/mol. The summed E-state index contributed by atoms with van der Waals surface area (Å²) in [6.07, 6.45) is 6.96. The highest BCUT2D eigenvalue weighted by Gasteiger charge is 2.16. The van der Waals surface area contributed by atoms with Gasteiger partial charge in [0.25, 0.3) is 0 Å². The Morgan fingerprint density at radius 1 is 1.33 bits per heavy atom. The van der Waals surface area contributed by atoms with Gasteiger partial charge in [-0.2, -0.15) is 10.1 Å². The SMILES string of the molecule is OCCn1cc(-c2ccc(Nc3ncc(Cl)c(NC[C@H]4CCCO4)n3)cc2F)cn1. The second-order valence-electron chi connectivity index (χ2n) is 6.94. The van der Waals surface area contributed by atoms with E-state index in [0.717, 1.165) is 19.4 Å². The molecule has 0 amide bonds. The van der Waals surface area contributed by atoms with E-state index >= 15 is 0 Å². The van der Waals surface area contributed by atoms with Crippen LogP contribution in [0, 0.1) is 5.82 Å². The van der Waals surface area contributed by atoms with Gasteiger partial charge in [0.1, 0.15) is 10.8 Å². The first-order chi connectivity index (χ1) is 14.6. The fourth-order valence-electron chi connectivity index (χ4n) is 3.25. The molecule has 0 spiro atoms. The number of ether oxygens (including phenoxy) is 1. The highest BCUT2D eigenvalue weighted by molar-refractivity contribution is 6.32. The molecule has 0 radical (unpaired) electrons. The van der Waals surface area contributed by atoms with Crippen LogP contribution in [-0.4, -0.2) is 50.7 Å². The number of aliphatic hydroxyl groups excluding tert-OH is 1. The van der Waals surface area contributed by atoms with Crippen LogP contribution in [0.25, 0.3) is 11.1 Å². The van der Waals surface area contributed by atoms with Crippen molar-refractivity contribution in [3.05, 3.63) is 47.6 Å². The van der Waals surface area contributed by atoms with E-state index in [9.17, 15) is 4.39 Å². The van der Waals surface area contributed by atoms with Crippen LogP contribution in [-0.2, 0) is 11.3 Å². The van der Waals surface area contributed by atoms with Crippen LogP contribution in [0.5, 0.6) is 0 Å². The normalized spacial score (nSPS) is 16.0. The summed E-state index contributed by atoms with van der Waals surface area (Å²) in [6.45, 7) is 1.72. The summed E-state index contributed by atoms with van der Waals surface area (Å²) < 4.78 is 21.8. The molecular formula is C20H22ClFN6O2. The van der Waals surface area contributed by atoms with Crippen molar-refractivity contribution in [3.63, 3.8) is 0 Å². The van der Waals surface area contributed by atoms with Gasteiger partial charge in [-0.15, -0.1) is 0 Å². The largest absolute Gasteiger partial charge is 0.394 e. The summed E-state index contributed by atoms with van der Waals surface area (Å²) in [5.74, 6) is 0.393. The average Bonchev–Trinajstić information content (AvgIpc) is 3.41. The smallest absolute Gasteiger partial charge is 0.229 e. The van der Waals surface area contributed by atoms with E-state index in [4.69, 9.17) is 21.4 Å². The first-order valence-electron chi connectivity index (χ1n) is 9.70. The van der Waals surface area contributed by atoms with Gasteiger partial charge < -0.3 is 20.5 Å². The Balaban J connectivity index is 1.45. The lowest BCUT2D eigenvalue weighted by molar-refractivity contribution is 0.120. The molecule has 2 aromatic heterocycles. The van der Waals surface area contributed by atoms with Gasteiger partial charge in [0, 0.05) is 36.2 Å². The fraction of sp³-hybridized carbons (Fsp3) is 0.350. The molecule has 0 bridgehead atoms. The number of aliphatic hydroxyl groups is 1. The van der Waals surface area contributed by atoms with Crippen LogP contribution in [0.4, 0.5) is 21.8 Å². The van der Waals surface area contributed by atoms with E-state index < -0.39 is 5.82 Å². The van der Waals surface area contributed by atoms with E-state index in [1.807, 2.05) is 0 Å². The van der Waals surface area contributed by atoms with Gasteiger partial charge in [-0.05, 0) is 31.0 Å². The molecule has 3 aromatic rings. The maximum absolute atomic E-state index is 14.7. The average molecular weight is 433 g/mol. The van der Waals surface area contributed by atoms with Gasteiger partial charge >= 0.3 is 0 Å². The molecule has 1 aliphatic heterocycles. The topological polar surface area (TPSA) is 97.1 Å². The van der Waals surface area contributed by atoms with Crippen LogP contribution in [0.3, 0.4) is 0 Å². The Bertz CT molecular complexity index is 1010. The maximum Gasteiger partial charge on any atom is 0.229 e. The molecule has 3 heterocycles. The van der Waals surface area contributed by atoms with E-state index in [1.54, 1.807) is 29.2 Å². The van der Waals surface area contributed by atoms with Crippen LogP contribution in [0.2, 0.25) is 5.02 Å². The number of anilines is 3. The number of hydrogen-bond acceptors (Lipinski definition) is 7. The number of aromatic nitrogens is 4. The first kappa shape index (κ1) is 20.5. The number of rotatable bonds is 8. The molecule has 1 fully saturated rings. The quantitative estimate of drug-likeness (QED) is 0.501. The monoisotopic (exact) mass is 432 g/mol. The lowest BCUT2D eigenvalue weighted by atomic mass is 10.1. The standard InChI is InChI=1S/C20H22ClFN6O2/c21-17-11-24-20(27-19(17)23-10-15-2-1-7-30-15)26-14-3-4-16(18(22)8-14)13-9-25-28(12-13)5-6-29/h3-4,8-9,11-12,15,29H,1-2,5-7,10H2,(H2,23,24,26,27)/t15-/m1/s1. The van der Waals surface area contributed by atoms with Crippen molar-refractivity contribution in [1.82, 2.24) is 19.7 Å². The molecule has 1 atom stereocenters.